The lowest BCUT2D eigenvalue weighted by atomic mass is 10.2. The van der Waals surface area contributed by atoms with Gasteiger partial charge in [-0.1, -0.05) is 6.07 Å². The molecule has 4 heterocycles. The Bertz CT molecular complexity index is 1190. The number of aryl methyl sites for hydroxylation is 1. The summed E-state index contributed by atoms with van der Waals surface area (Å²) >= 11 is 6.67. The maximum Gasteiger partial charge on any atom is 0.268 e. The van der Waals surface area contributed by atoms with Crippen molar-refractivity contribution in [3.63, 3.8) is 0 Å². The number of anilines is 1. The lowest BCUT2D eigenvalue weighted by Gasteiger charge is -2.29. The molecule has 0 radical (unpaired) electrons. The van der Waals surface area contributed by atoms with Gasteiger partial charge in [-0.25, -0.2) is 4.98 Å². The van der Waals surface area contributed by atoms with Gasteiger partial charge in [0.1, 0.15) is 17.0 Å². The van der Waals surface area contributed by atoms with E-state index in [-0.39, 0.29) is 11.1 Å². The summed E-state index contributed by atoms with van der Waals surface area (Å²) < 4.78 is 8.97. The Hall–Kier alpha value is -2.36. The number of hydrogen-bond donors (Lipinski definition) is 0. The van der Waals surface area contributed by atoms with Gasteiger partial charge in [0.05, 0.1) is 18.1 Å². The van der Waals surface area contributed by atoms with Crippen molar-refractivity contribution in [1.29, 1.82) is 0 Å². The minimum absolute atomic E-state index is 0.200. The van der Waals surface area contributed by atoms with E-state index in [1.165, 1.54) is 26.4 Å². The molecule has 0 atom stereocenters. The summed E-state index contributed by atoms with van der Waals surface area (Å²) in [6, 6.07) is 5.24. The van der Waals surface area contributed by atoms with Gasteiger partial charge < -0.3 is 9.64 Å². The molecule has 0 aromatic carbocycles. The van der Waals surface area contributed by atoms with Crippen LogP contribution in [-0.4, -0.2) is 40.3 Å². The lowest BCUT2D eigenvalue weighted by molar-refractivity contribution is 0.122. The molecule has 1 fully saturated rings. The van der Waals surface area contributed by atoms with Crippen LogP contribution in [0.2, 0.25) is 0 Å². The number of nitrogens with zero attached hydrogens (tertiary/aromatic N) is 4. The van der Waals surface area contributed by atoms with Crippen LogP contribution >= 0.6 is 23.6 Å². The number of ether oxygens (including phenoxy) is 1. The van der Waals surface area contributed by atoms with Crippen LogP contribution in [0.3, 0.4) is 0 Å². The van der Waals surface area contributed by atoms with E-state index in [4.69, 9.17) is 21.9 Å². The van der Waals surface area contributed by atoms with E-state index in [0.717, 1.165) is 5.56 Å². The second-order valence-corrected chi connectivity index (χ2v) is 8.23. The van der Waals surface area contributed by atoms with Crippen LogP contribution in [-0.2, 0) is 11.3 Å². The quantitative estimate of drug-likeness (QED) is 0.611. The zero-order chi connectivity index (χ0) is 19.8. The van der Waals surface area contributed by atoms with Gasteiger partial charge in [0, 0.05) is 31.9 Å². The molecule has 7 nitrogen and oxygen atoms in total. The number of rotatable bonds is 3. The van der Waals surface area contributed by atoms with E-state index < -0.39 is 0 Å². The van der Waals surface area contributed by atoms with Crippen LogP contribution in [0.1, 0.15) is 12.5 Å². The molecule has 0 N–H and O–H groups in total. The van der Waals surface area contributed by atoms with Crippen LogP contribution in [0.5, 0.6) is 0 Å². The highest BCUT2D eigenvalue weighted by Crippen LogP contribution is 2.30. The molecule has 3 aromatic heterocycles. The van der Waals surface area contributed by atoms with E-state index in [1.54, 1.807) is 6.20 Å². The Balaban J connectivity index is 2.06. The molecule has 0 aliphatic carbocycles. The van der Waals surface area contributed by atoms with Crippen molar-refractivity contribution < 1.29 is 4.74 Å². The third-order valence-corrected chi connectivity index (χ3v) is 6.25. The molecule has 0 saturated carbocycles. The molecule has 9 heteroatoms. The van der Waals surface area contributed by atoms with Gasteiger partial charge in [0.15, 0.2) is 3.95 Å². The van der Waals surface area contributed by atoms with Crippen molar-refractivity contribution in [2.75, 3.05) is 31.2 Å². The van der Waals surface area contributed by atoms with Crippen LogP contribution in [0.4, 0.5) is 5.82 Å². The molecule has 28 heavy (non-hydrogen) atoms. The van der Waals surface area contributed by atoms with E-state index >= 15 is 0 Å². The first kappa shape index (κ1) is 19.0. The molecule has 0 spiro atoms. The summed E-state index contributed by atoms with van der Waals surface area (Å²) in [6.07, 6.45) is 1.71. The summed E-state index contributed by atoms with van der Waals surface area (Å²) in [4.78, 5) is 33.4. The first-order valence-electron chi connectivity index (χ1n) is 9.11. The fraction of sp³-hybridized carbons (Fsp3) is 0.368. The third-order valence-electron chi connectivity index (χ3n) is 4.84. The number of pyridine rings is 1. The smallest absolute Gasteiger partial charge is 0.268 e. The molecule has 0 amide bonds. The molecule has 1 aliphatic heterocycles. The number of fused-ring (bicyclic) bond motifs is 1. The maximum absolute atomic E-state index is 13.5. The second kappa shape index (κ2) is 7.57. The van der Waals surface area contributed by atoms with Crippen LogP contribution < -0.4 is 16.0 Å². The maximum atomic E-state index is 13.5. The summed E-state index contributed by atoms with van der Waals surface area (Å²) in [5, 5.41) is 0. The first-order valence-corrected chi connectivity index (χ1v) is 10.3. The SMILES string of the molecule is CCn1c(=O)cc(-c2c(N3CCOCC3)nc3c(C)cccn3c2=O)sc1=S. The Morgan fingerprint density at radius 2 is 2.04 bits per heavy atom. The summed E-state index contributed by atoms with van der Waals surface area (Å²) in [7, 11) is 0. The van der Waals surface area contributed by atoms with Gasteiger partial charge in [0.2, 0.25) is 0 Å². The molecule has 0 bridgehead atoms. The van der Waals surface area contributed by atoms with Gasteiger partial charge in [-0.15, -0.1) is 11.3 Å². The van der Waals surface area contributed by atoms with E-state index in [0.29, 0.717) is 58.7 Å². The minimum atomic E-state index is -0.206. The average molecular weight is 417 g/mol. The third kappa shape index (κ3) is 3.19. The van der Waals surface area contributed by atoms with Crippen molar-refractivity contribution in [2.24, 2.45) is 0 Å². The topological polar surface area (TPSA) is 68.8 Å². The molecule has 0 unspecified atom stereocenters. The number of aromatic nitrogens is 3. The molecular formula is C19H20N4O3S2. The predicted molar refractivity (Wildman–Crippen MR) is 113 cm³/mol. The first-order chi connectivity index (χ1) is 13.5. The van der Waals surface area contributed by atoms with Crippen LogP contribution in [0.15, 0.2) is 34.0 Å². The lowest BCUT2D eigenvalue weighted by Crippen LogP contribution is -2.38. The molecule has 4 rings (SSSR count). The summed E-state index contributed by atoms with van der Waals surface area (Å²) in [6.45, 7) is 6.72. The Morgan fingerprint density at radius 3 is 2.71 bits per heavy atom. The number of morpholine rings is 1. The molecule has 1 aliphatic rings. The normalized spacial score (nSPS) is 14.6. The highest BCUT2D eigenvalue weighted by atomic mass is 32.1. The van der Waals surface area contributed by atoms with Crippen molar-refractivity contribution in [3.05, 3.63) is 54.6 Å². The molecule has 3 aromatic rings. The van der Waals surface area contributed by atoms with E-state index in [9.17, 15) is 9.59 Å². The van der Waals surface area contributed by atoms with Gasteiger partial charge in [-0.05, 0) is 37.7 Å². The standard InChI is InChI=1S/C19H20N4O3S2/c1-3-22-14(24)11-13(28-19(22)27)15-17(21-7-9-26-10-8-21)20-16-12(2)5-4-6-23(16)18(15)25/h4-6,11H,3,7-10H2,1-2H3. The van der Waals surface area contributed by atoms with Crippen molar-refractivity contribution in [3.8, 4) is 10.4 Å². The number of hydrogen-bond acceptors (Lipinski definition) is 7. The van der Waals surface area contributed by atoms with Gasteiger partial charge >= 0.3 is 0 Å². The van der Waals surface area contributed by atoms with Crippen molar-refractivity contribution in [1.82, 2.24) is 14.0 Å². The fourth-order valence-corrected chi connectivity index (χ4v) is 4.82. The predicted octanol–water partition coefficient (Wildman–Crippen LogP) is 2.48. The zero-order valence-electron chi connectivity index (χ0n) is 15.7. The monoisotopic (exact) mass is 416 g/mol. The minimum Gasteiger partial charge on any atom is -0.378 e. The highest BCUT2D eigenvalue weighted by molar-refractivity contribution is 7.73. The van der Waals surface area contributed by atoms with Gasteiger partial charge in [-0.2, -0.15) is 0 Å². The molecule has 146 valence electrons. The van der Waals surface area contributed by atoms with E-state index in [1.807, 2.05) is 30.9 Å². The van der Waals surface area contributed by atoms with Gasteiger partial charge in [-0.3, -0.25) is 18.6 Å². The Labute approximate surface area is 170 Å². The second-order valence-electron chi connectivity index (χ2n) is 6.56. The fourth-order valence-electron chi connectivity index (χ4n) is 3.37. The average Bonchev–Trinajstić information content (AvgIpc) is 2.69. The highest BCUT2D eigenvalue weighted by Gasteiger charge is 2.23. The summed E-state index contributed by atoms with van der Waals surface area (Å²) in [5.41, 5.74) is 1.54. The molecule has 1 saturated heterocycles. The van der Waals surface area contributed by atoms with Crippen molar-refractivity contribution in [2.45, 2.75) is 20.4 Å². The van der Waals surface area contributed by atoms with Crippen LogP contribution in [0, 0.1) is 10.9 Å². The Morgan fingerprint density at radius 1 is 1.29 bits per heavy atom. The Kier molecular flexibility index (Phi) is 5.13. The summed E-state index contributed by atoms with van der Waals surface area (Å²) in [5.74, 6) is 0.585. The van der Waals surface area contributed by atoms with Crippen molar-refractivity contribution >= 4 is 35.0 Å². The van der Waals surface area contributed by atoms with Crippen LogP contribution in [0.25, 0.3) is 16.1 Å². The molecular weight excluding hydrogens is 396 g/mol. The zero-order valence-corrected chi connectivity index (χ0v) is 17.3. The largest absolute Gasteiger partial charge is 0.378 e. The van der Waals surface area contributed by atoms with E-state index in [2.05, 4.69) is 0 Å². The van der Waals surface area contributed by atoms with Gasteiger partial charge in [0.25, 0.3) is 11.1 Å².